The highest BCUT2D eigenvalue weighted by Crippen LogP contribution is 2.22. The Hall–Kier alpha value is -4.21. The van der Waals surface area contributed by atoms with Crippen LogP contribution in [0.2, 0.25) is 0 Å². The normalized spacial score (nSPS) is 10.9. The monoisotopic (exact) mass is 467 g/mol. The lowest BCUT2D eigenvalue weighted by atomic mass is 10.1. The molecule has 0 radical (unpaired) electrons. The number of carbonyl (C=O) groups excluding carboxylic acids is 2. The van der Waals surface area contributed by atoms with Gasteiger partial charge in [0.25, 0.3) is 5.91 Å². The number of hydrogen-bond donors (Lipinski definition) is 1. The van der Waals surface area contributed by atoms with Gasteiger partial charge in [-0.2, -0.15) is 5.10 Å². The van der Waals surface area contributed by atoms with E-state index in [4.69, 9.17) is 0 Å². The van der Waals surface area contributed by atoms with Crippen molar-refractivity contribution in [1.82, 2.24) is 19.5 Å². The van der Waals surface area contributed by atoms with Crippen LogP contribution in [-0.4, -0.2) is 44.4 Å². The van der Waals surface area contributed by atoms with Gasteiger partial charge in [-0.05, 0) is 24.6 Å². The summed E-state index contributed by atoms with van der Waals surface area (Å²) in [5.74, 6) is -5.82. The van der Waals surface area contributed by atoms with Crippen LogP contribution < -0.4 is 5.32 Å². The topological polar surface area (TPSA) is 79.6 Å². The standard InChI is InChI=1S/C24H20F3N5O2/c1-2-12-31(14-20(33)30-18-9-8-17(25)21(26)22(18)27)24(34)16-13-29-32-19(10-11-28-23(16)32)15-6-4-3-5-7-15/h3-11,13H,2,12,14H2,1H3,(H,30,33). The molecular formula is C24H20F3N5O2. The zero-order valence-corrected chi connectivity index (χ0v) is 18.1. The molecule has 2 amide bonds. The van der Waals surface area contributed by atoms with Crippen LogP contribution in [0.25, 0.3) is 16.9 Å². The summed E-state index contributed by atoms with van der Waals surface area (Å²) in [4.78, 5) is 31.3. The average Bonchev–Trinajstić information content (AvgIpc) is 3.28. The van der Waals surface area contributed by atoms with Crippen LogP contribution in [0.15, 0.2) is 60.9 Å². The van der Waals surface area contributed by atoms with Gasteiger partial charge >= 0.3 is 0 Å². The zero-order chi connectivity index (χ0) is 24.2. The molecule has 0 saturated heterocycles. The van der Waals surface area contributed by atoms with Crippen molar-refractivity contribution in [2.75, 3.05) is 18.4 Å². The Balaban J connectivity index is 1.59. The number of carbonyl (C=O) groups is 2. The molecule has 0 spiro atoms. The van der Waals surface area contributed by atoms with Gasteiger partial charge in [0, 0.05) is 18.3 Å². The van der Waals surface area contributed by atoms with Gasteiger partial charge in [-0.1, -0.05) is 37.3 Å². The molecule has 0 bridgehead atoms. The number of nitrogens with one attached hydrogen (secondary N) is 1. The minimum Gasteiger partial charge on any atom is -0.329 e. The lowest BCUT2D eigenvalue weighted by Crippen LogP contribution is -2.38. The van der Waals surface area contributed by atoms with E-state index in [2.05, 4.69) is 15.4 Å². The highest BCUT2D eigenvalue weighted by molar-refractivity contribution is 6.02. The highest BCUT2D eigenvalue weighted by Gasteiger charge is 2.24. The number of amides is 2. The first-order valence-corrected chi connectivity index (χ1v) is 10.5. The molecule has 2 heterocycles. The van der Waals surface area contributed by atoms with Gasteiger partial charge in [-0.3, -0.25) is 9.59 Å². The van der Waals surface area contributed by atoms with Crippen LogP contribution in [0.4, 0.5) is 18.9 Å². The fourth-order valence-electron chi connectivity index (χ4n) is 3.55. The van der Waals surface area contributed by atoms with E-state index >= 15 is 0 Å². The molecule has 0 aliphatic heterocycles. The Morgan fingerprint density at radius 1 is 1.03 bits per heavy atom. The number of benzene rings is 2. The number of hydrogen-bond acceptors (Lipinski definition) is 4. The Bertz CT molecular complexity index is 1360. The molecule has 0 aliphatic rings. The van der Waals surface area contributed by atoms with E-state index in [0.717, 1.165) is 17.3 Å². The molecule has 0 aliphatic carbocycles. The van der Waals surface area contributed by atoms with Crippen LogP contribution in [-0.2, 0) is 4.79 Å². The molecule has 10 heteroatoms. The Morgan fingerprint density at radius 3 is 2.53 bits per heavy atom. The number of aromatic nitrogens is 3. The first-order chi connectivity index (χ1) is 16.4. The van der Waals surface area contributed by atoms with Crippen molar-refractivity contribution in [2.24, 2.45) is 0 Å². The summed E-state index contributed by atoms with van der Waals surface area (Å²) in [6.07, 6.45) is 3.49. The molecule has 2 aromatic heterocycles. The quantitative estimate of drug-likeness (QED) is 0.411. The van der Waals surface area contributed by atoms with Crippen molar-refractivity contribution < 1.29 is 22.8 Å². The molecule has 34 heavy (non-hydrogen) atoms. The van der Waals surface area contributed by atoms with Crippen LogP contribution in [0.3, 0.4) is 0 Å². The lowest BCUT2D eigenvalue weighted by molar-refractivity contribution is -0.116. The minimum atomic E-state index is -1.69. The minimum absolute atomic E-state index is 0.193. The fraction of sp³-hybridized carbons (Fsp3) is 0.167. The molecule has 0 saturated carbocycles. The maximum Gasteiger partial charge on any atom is 0.259 e. The second kappa shape index (κ2) is 9.74. The number of halogens is 3. The average molecular weight is 467 g/mol. The molecule has 1 N–H and O–H groups in total. The van der Waals surface area contributed by atoms with Crippen LogP contribution in [0, 0.1) is 17.5 Å². The summed E-state index contributed by atoms with van der Waals surface area (Å²) in [7, 11) is 0. The van der Waals surface area contributed by atoms with Crippen molar-refractivity contribution in [3.8, 4) is 11.3 Å². The zero-order valence-electron chi connectivity index (χ0n) is 18.1. The number of rotatable bonds is 7. The predicted octanol–water partition coefficient (Wildman–Crippen LogP) is 4.30. The first-order valence-electron chi connectivity index (χ1n) is 10.5. The van der Waals surface area contributed by atoms with E-state index in [1.165, 1.54) is 11.1 Å². The van der Waals surface area contributed by atoms with Crippen molar-refractivity contribution in [2.45, 2.75) is 13.3 Å². The Labute approximate surface area is 192 Å². The SMILES string of the molecule is CCCN(CC(=O)Nc1ccc(F)c(F)c1F)C(=O)c1cnn2c(-c3ccccc3)ccnc12. The van der Waals surface area contributed by atoms with Crippen LogP contribution in [0.5, 0.6) is 0 Å². The van der Waals surface area contributed by atoms with Gasteiger partial charge < -0.3 is 10.2 Å². The van der Waals surface area contributed by atoms with Gasteiger partial charge in [0.1, 0.15) is 12.1 Å². The molecule has 0 fully saturated rings. The fourth-order valence-corrected chi connectivity index (χ4v) is 3.55. The summed E-state index contributed by atoms with van der Waals surface area (Å²) in [6.45, 7) is 1.62. The second-order valence-corrected chi connectivity index (χ2v) is 7.49. The van der Waals surface area contributed by atoms with E-state index < -0.39 is 41.5 Å². The van der Waals surface area contributed by atoms with E-state index in [1.54, 1.807) is 16.8 Å². The lowest BCUT2D eigenvalue weighted by Gasteiger charge is -2.21. The van der Waals surface area contributed by atoms with Gasteiger partial charge in [0.15, 0.2) is 23.1 Å². The molecule has 7 nitrogen and oxygen atoms in total. The van der Waals surface area contributed by atoms with Crippen molar-refractivity contribution in [3.63, 3.8) is 0 Å². The molecule has 0 unspecified atom stereocenters. The third kappa shape index (κ3) is 4.47. The number of fused-ring (bicyclic) bond motifs is 1. The summed E-state index contributed by atoms with van der Waals surface area (Å²) in [5.41, 5.74) is 1.61. The highest BCUT2D eigenvalue weighted by atomic mass is 19.2. The van der Waals surface area contributed by atoms with E-state index in [-0.39, 0.29) is 12.1 Å². The van der Waals surface area contributed by atoms with Crippen molar-refractivity contribution in [3.05, 3.63) is 83.9 Å². The maximum absolute atomic E-state index is 13.9. The molecule has 4 aromatic rings. The third-order valence-corrected chi connectivity index (χ3v) is 5.13. The van der Waals surface area contributed by atoms with Crippen LogP contribution >= 0.6 is 0 Å². The number of nitrogens with zero attached hydrogens (tertiary/aromatic N) is 4. The van der Waals surface area contributed by atoms with Gasteiger partial charge in [0.2, 0.25) is 5.91 Å². The summed E-state index contributed by atoms with van der Waals surface area (Å²) >= 11 is 0. The molecule has 2 aromatic carbocycles. The smallest absolute Gasteiger partial charge is 0.259 e. The van der Waals surface area contributed by atoms with Gasteiger partial charge in [0.05, 0.1) is 17.6 Å². The molecular weight excluding hydrogens is 447 g/mol. The van der Waals surface area contributed by atoms with Crippen molar-refractivity contribution >= 4 is 23.1 Å². The Kier molecular flexibility index (Phi) is 6.58. The summed E-state index contributed by atoms with van der Waals surface area (Å²) in [5, 5.41) is 6.50. The van der Waals surface area contributed by atoms with Crippen molar-refractivity contribution in [1.29, 1.82) is 0 Å². The largest absolute Gasteiger partial charge is 0.329 e. The summed E-state index contributed by atoms with van der Waals surface area (Å²) < 4.78 is 42.1. The molecule has 4 rings (SSSR count). The number of anilines is 1. The maximum atomic E-state index is 13.9. The van der Waals surface area contributed by atoms with Crippen LogP contribution in [0.1, 0.15) is 23.7 Å². The van der Waals surface area contributed by atoms with Gasteiger partial charge in [-0.25, -0.2) is 22.7 Å². The molecule has 174 valence electrons. The third-order valence-electron chi connectivity index (χ3n) is 5.13. The summed E-state index contributed by atoms with van der Waals surface area (Å²) in [6, 6.07) is 12.9. The van der Waals surface area contributed by atoms with E-state index in [1.807, 2.05) is 37.3 Å². The van der Waals surface area contributed by atoms with E-state index in [0.29, 0.717) is 18.1 Å². The molecule has 0 atom stereocenters. The Morgan fingerprint density at radius 2 is 1.79 bits per heavy atom. The van der Waals surface area contributed by atoms with E-state index in [9.17, 15) is 22.8 Å². The van der Waals surface area contributed by atoms with Gasteiger partial charge in [-0.15, -0.1) is 0 Å². The predicted molar refractivity (Wildman–Crippen MR) is 120 cm³/mol. The second-order valence-electron chi connectivity index (χ2n) is 7.49. The first kappa shape index (κ1) is 23.0.